The minimum atomic E-state index is -0.820. The second-order valence-corrected chi connectivity index (χ2v) is 4.14. The summed E-state index contributed by atoms with van der Waals surface area (Å²) in [5, 5.41) is 10.9. The Bertz CT molecular complexity index is 300. The summed E-state index contributed by atoms with van der Waals surface area (Å²) in [5.41, 5.74) is 0.931. The Labute approximate surface area is 85.4 Å². The average molecular weight is 220 g/mol. The van der Waals surface area contributed by atoms with Gasteiger partial charge in [0.05, 0.1) is 5.38 Å². The molecule has 5 heteroatoms. The van der Waals surface area contributed by atoms with Gasteiger partial charge >= 0.3 is 5.97 Å². The predicted molar refractivity (Wildman–Crippen MR) is 52.3 cm³/mol. The maximum atomic E-state index is 10.3. The molecule has 0 saturated heterocycles. The molecule has 0 aliphatic heterocycles. The highest BCUT2D eigenvalue weighted by molar-refractivity contribution is 7.10. The van der Waals surface area contributed by atoms with E-state index in [9.17, 15) is 4.79 Å². The zero-order chi connectivity index (χ0) is 9.84. The molecule has 0 bridgehead atoms. The van der Waals surface area contributed by atoms with Gasteiger partial charge in [0.25, 0.3) is 0 Å². The molecule has 0 aliphatic rings. The first-order valence-electron chi connectivity index (χ1n) is 3.87. The average Bonchev–Trinajstić information content (AvgIpc) is 2.47. The lowest BCUT2D eigenvalue weighted by Gasteiger charge is -2.02. The van der Waals surface area contributed by atoms with E-state index in [0.29, 0.717) is 6.42 Å². The minimum absolute atomic E-state index is 0.0901. The van der Waals surface area contributed by atoms with Crippen LogP contribution in [0.3, 0.4) is 0 Å². The Morgan fingerprint density at radius 2 is 2.54 bits per heavy atom. The van der Waals surface area contributed by atoms with Gasteiger partial charge in [-0.25, -0.2) is 4.98 Å². The van der Waals surface area contributed by atoms with Crippen molar-refractivity contribution in [3.63, 3.8) is 0 Å². The smallest absolute Gasteiger partial charge is 0.303 e. The lowest BCUT2D eigenvalue weighted by molar-refractivity contribution is -0.137. The molecule has 3 nitrogen and oxygen atoms in total. The van der Waals surface area contributed by atoms with E-state index in [1.54, 1.807) is 0 Å². The first-order chi connectivity index (χ1) is 6.09. The van der Waals surface area contributed by atoms with Crippen molar-refractivity contribution >= 4 is 28.9 Å². The Morgan fingerprint density at radius 3 is 3.00 bits per heavy atom. The number of aromatic nitrogens is 1. The van der Waals surface area contributed by atoms with E-state index >= 15 is 0 Å². The van der Waals surface area contributed by atoms with Crippen LogP contribution in [0.5, 0.6) is 0 Å². The molecule has 0 amide bonds. The highest BCUT2D eigenvalue weighted by atomic mass is 35.5. The number of carbonyl (C=O) groups is 1. The number of rotatable bonds is 4. The number of hydrogen-bond donors (Lipinski definition) is 1. The molecule has 1 atom stereocenters. The third kappa shape index (κ3) is 3.32. The Hall–Kier alpha value is -0.610. The van der Waals surface area contributed by atoms with Crippen molar-refractivity contribution in [3.05, 3.63) is 16.1 Å². The van der Waals surface area contributed by atoms with Crippen molar-refractivity contribution in [3.8, 4) is 0 Å². The van der Waals surface area contributed by atoms with Gasteiger partial charge in [-0.1, -0.05) is 0 Å². The fourth-order valence-corrected chi connectivity index (χ4v) is 2.01. The van der Waals surface area contributed by atoms with Crippen LogP contribution < -0.4 is 0 Å². The van der Waals surface area contributed by atoms with Crippen molar-refractivity contribution in [1.29, 1.82) is 0 Å². The maximum Gasteiger partial charge on any atom is 0.303 e. The van der Waals surface area contributed by atoms with Crippen molar-refractivity contribution in [2.24, 2.45) is 0 Å². The number of aryl methyl sites for hydroxylation is 1. The SMILES string of the molecule is Cc1csc(C(Cl)CCC(=O)O)n1. The lowest BCUT2D eigenvalue weighted by atomic mass is 10.2. The minimum Gasteiger partial charge on any atom is -0.481 e. The summed E-state index contributed by atoms with van der Waals surface area (Å²) in [4.78, 5) is 14.4. The van der Waals surface area contributed by atoms with Crippen LogP contribution in [0.1, 0.15) is 28.9 Å². The topological polar surface area (TPSA) is 50.2 Å². The Morgan fingerprint density at radius 1 is 1.85 bits per heavy atom. The quantitative estimate of drug-likeness (QED) is 0.792. The van der Waals surface area contributed by atoms with Crippen molar-refractivity contribution < 1.29 is 9.90 Å². The van der Waals surface area contributed by atoms with Gasteiger partial charge in [-0.3, -0.25) is 4.79 Å². The summed E-state index contributed by atoms with van der Waals surface area (Å²) in [7, 11) is 0. The summed E-state index contributed by atoms with van der Waals surface area (Å²) in [6.45, 7) is 1.89. The number of carboxylic acid groups (broad SMARTS) is 1. The fraction of sp³-hybridized carbons (Fsp3) is 0.500. The Kier molecular flexibility index (Phi) is 3.69. The van der Waals surface area contributed by atoms with Gasteiger partial charge in [0, 0.05) is 17.5 Å². The number of alkyl halides is 1. The van der Waals surface area contributed by atoms with E-state index in [2.05, 4.69) is 4.98 Å². The zero-order valence-corrected chi connectivity index (χ0v) is 8.73. The maximum absolute atomic E-state index is 10.3. The number of halogens is 1. The van der Waals surface area contributed by atoms with E-state index in [0.717, 1.165) is 10.7 Å². The summed E-state index contributed by atoms with van der Waals surface area (Å²) in [5.74, 6) is -0.820. The third-order valence-corrected chi connectivity index (χ3v) is 3.15. The molecule has 1 unspecified atom stereocenters. The first kappa shape index (κ1) is 10.5. The molecule has 13 heavy (non-hydrogen) atoms. The first-order valence-corrected chi connectivity index (χ1v) is 5.19. The molecule has 1 aromatic heterocycles. The van der Waals surface area contributed by atoms with Crippen LogP contribution in [0.25, 0.3) is 0 Å². The zero-order valence-electron chi connectivity index (χ0n) is 7.16. The molecule has 0 spiro atoms. The summed E-state index contributed by atoms with van der Waals surface area (Å²) >= 11 is 7.42. The monoisotopic (exact) mass is 219 g/mol. The fourth-order valence-electron chi connectivity index (χ4n) is 0.890. The number of carboxylic acids is 1. The second kappa shape index (κ2) is 4.58. The lowest BCUT2D eigenvalue weighted by Crippen LogP contribution is -1.98. The van der Waals surface area contributed by atoms with Gasteiger partial charge in [-0.2, -0.15) is 0 Å². The molecule has 1 aromatic rings. The molecule has 0 aromatic carbocycles. The molecular weight excluding hydrogens is 210 g/mol. The molecule has 0 fully saturated rings. The Balaban J connectivity index is 2.48. The standard InChI is InChI=1S/C8H10ClNO2S/c1-5-4-13-8(10-5)6(9)2-3-7(11)12/h4,6H,2-3H2,1H3,(H,11,12). The van der Waals surface area contributed by atoms with E-state index < -0.39 is 5.97 Å². The third-order valence-electron chi connectivity index (χ3n) is 1.52. The van der Waals surface area contributed by atoms with Gasteiger partial charge in [0.1, 0.15) is 5.01 Å². The van der Waals surface area contributed by atoms with E-state index in [4.69, 9.17) is 16.7 Å². The molecule has 0 saturated carbocycles. The van der Waals surface area contributed by atoms with Gasteiger partial charge in [0.15, 0.2) is 0 Å². The second-order valence-electron chi connectivity index (χ2n) is 2.73. The summed E-state index contributed by atoms with van der Waals surface area (Å²) in [6, 6.07) is 0. The predicted octanol–water partition coefficient (Wildman–Crippen LogP) is 2.60. The van der Waals surface area contributed by atoms with Crippen LogP contribution in [-0.2, 0) is 4.79 Å². The van der Waals surface area contributed by atoms with Crippen LogP contribution in [0.15, 0.2) is 5.38 Å². The molecule has 1 heterocycles. The van der Waals surface area contributed by atoms with Gasteiger partial charge < -0.3 is 5.11 Å². The molecule has 0 radical (unpaired) electrons. The van der Waals surface area contributed by atoms with E-state index in [-0.39, 0.29) is 11.8 Å². The van der Waals surface area contributed by atoms with Crippen LogP contribution in [-0.4, -0.2) is 16.1 Å². The summed E-state index contributed by atoms with van der Waals surface area (Å²) < 4.78 is 0. The van der Waals surface area contributed by atoms with Gasteiger partial charge in [0.2, 0.25) is 0 Å². The van der Waals surface area contributed by atoms with Crippen molar-refractivity contribution in [2.75, 3.05) is 0 Å². The van der Waals surface area contributed by atoms with Crippen LogP contribution in [0.2, 0.25) is 0 Å². The normalized spacial score (nSPS) is 12.8. The summed E-state index contributed by atoms with van der Waals surface area (Å²) in [6.07, 6.45) is 0.524. The number of aliphatic carboxylic acids is 1. The molecule has 1 N–H and O–H groups in total. The van der Waals surface area contributed by atoms with Crippen molar-refractivity contribution in [2.45, 2.75) is 25.1 Å². The number of hydrogen-bond acceptors (Lipinski definition) is 3. The van der Waals surface area contributed by atoms with Crippen LogP contribution in [0, 0.1) is 6.92 Å². The molecule has 0 aliphatic carbocycles. The largest absolute Gasteiger partial charge is 0.481 e. The van der Waals surface area contributed by atoms with Crippen LogP contribution in [0.4, 0.5) is 0 Å². The van der Waals surface area contributed by atoms with Gasteiger partial charge in [-0.15, -0.1) is 22.9 Å². The molecule has 1 rings (SSSR count). The van der Waals surface area contributed by atoms with E-state index in [1.165, 1.54) is 11.3 Å². The van der Waals surface area contributed by atoms with E-state index in [1.807, 2.05) is 12.3 Å². The highest BCUT2D eigenvalue weighted by Gasteiger charge is 2.12. The van der Waals surface area contributed by atoms with Crippen LogP contribution >= 0.6 is 22.9 Å². The highest BCUT2D eigenvalue weighted by Crippen LogP contribution is 2.27. The van der Waals surface area contributed by atoms with Crippen molar-refractivity contribution in [1.82, 2.24) is 4.98 Å². The molecular formula is C8H10ClNO2S. The number of nitrogens with zero attached hydrogens (tertiary/aromatic N) is 1. The van der Waals surface area contributed by atoms with Gasteiger partial charge in [-0.05, 0) is 13.3 Å². The number of thiazole rings is 1. The molecule has 72 valence electrons.